The second kappa shape index (κ2) is 10.4. The summed E-state index contributed by atoms with van der Waals surface area (Å²) in [5, 5.41) is 3.85. The molecule has 2 aromatic heterocycles. The SMILES string of the molecule is Cc1sc2cnccc2c1NC(=O)/C=C/C=C(\c1ccc(N(C)C)cc1)c1ccc(C(F)(F)F)cc1. The van der Waals surface area contributed by atoms with Gasteiger partial charge in [-0.05, 0) is 54.0 Å². The Morgan fingerprint density at radius 1 is 1.00 bits per heavy atom. The first-order chi connectivity index (χ1) is 17.1. The standard InChI is InChI=1S/C28H24F3N3OS/c1-18-27(24-15-16-32-17-25(24)36-18)33-26(35)6-4-5-23(20-9-13-22(14-10-20)34(2)3)19-7-11-21(12-8-19)28(29,30)31/h4-17H,1-3H3,(H,33,35)/b6-4+,23-5-. The van der Waals surface area contributed by atoms with Gasteiger partial charge in [0.05, 0.1) is 16.0 Å². The number of nitrogens with one attached hydrogen (secondary N) is 1. The van der Waals surface area contributed by atoms with E-state index in [1.54, 1.807) is 35.9 Å². The second-order valence-electron chi connectivity index (χ2n) is 8.35. The van der Waals surface area contributed by atoms with E-state index in [0.717, 1.165) is 44.0 Å². The van der Waals surface area contributed by atoms with E-state index in [-0.39, 0.29) is 5.91 Å². The molecule has 4 rings (SSSR count). The Balaban J connectivity index is 1.63. The molecule has 8 heteroatoms. The van der Waals surface area contributed by atoms with Crippen molar-refractivity contribution >= 4 is 44.3 Å². The number of amides is 1. The summed E-state index contributed by atoms with van der Waals surface area (Å²) in [7, 11) is 3.86. The predicted molar refractivity (Wildman–Crippen MR) is 141 cm³/mol. The highest BCUT2D eigenvalue weighted by Crippen LogP contribution is 2.35. The van der Waals surface area contributed by atoms with E-state index in [0.29, 0.717) is 11.1 Å². The van der Waals surface area contributed by atoms with Crippen LogP contribution in [0.15, 0.2) is 85.2 Å². The number of hydrogen-bond donors (Lipinski definition) is 1. The first-order valence-corrected chi connectivity index (χ1v) is 11.9. The molecule has 0 atom stereocenters. The Morgan fingerprint density at radius 2 is 1.64 bits per heavy atom. The van der Waals surface area contributed by atoms with Gasteiger partial charge in [-0.15, -0.1) is 11.3 Å². The number of aromatic nitrogens is 1. The molecule has 0 spiro atoms. The molecular weight excluding hydrogens is 483 g/mol. The maximum absolute atomic E-state index is 13.1. The molecule has 0 aliphatic rings. The van der Waals surface area contributed by atoms with E-state index < -0.39 is 11.7 Å². The fourth-order valence-electron chi connectivity index (χ4n) is 3.76. The molecular formula is C28H24F3N3OS. The minimum Gasteiger partial charge on any atom is -0.378 e. The summed E-state index contributed by atoms with van der Waals surface area (Å²) in [5.74, 6) is -0.305. The van der Waals surface area contributed by atoms with Gasteiger partial charge < -0.3 is 10.2 Å². The third kappa shape index (κ3) is 5.66. The zero-order valence-corrected chi connectivity index (χ0v) is 20.7. The lowest BCUT2D eigenvalue weighted by atomic mass is 9.96. The van der Waals surface area contributed by atoms with Gasteiger partial charge in [0.25, 0.3) is 0 Å². The number of rotatable bonds is 6. The fraction of sp³-hybridized carbons (Fsp3) is 0.143. The molecule has 0 radical (unpaired) electrons. The van der Waals surface area contributed by atoms with Crippen LogP contribution in [0.25, 0.3) is 15.7 Å². The lowest BCUT2D eigenvalue weighted by molar-refractivity contribution is -0.137. The molecule has 0 fully saturated rings. The summed E-state index contributed by atoms with van der Waals surface area (Å²) in [6.07, 6.45) is 3.78. The van der Waals surface area contributed by atoms with Crippen LogP contribution in [0.3, 0.4) is 0 Å². The van der Waals surface area contributed by atoms with Crippen LogP contribution in [0.5, 0.6) is 0 Å². The van der Waals surface area contributed by atoms with E-state index in [9.17, 15) is 18.0 Å². The minimum absolute atomic E-state index is 0.305. The molecule has 4 aromatic rings. The number of nitrogens with zero attached hydrogens (tertiary/aromatic N) is 2. The monoisotopic (exact) mass is 507 g/mol. The van der Waals surface area contributed by atoms with Gasteiger partial charge in [0.1, 0.15) is 0 Å². The number of benzene rings is 2. The molecule has 0 aliphatic carbocycles. The van der Waals surface area contributed by atoms with Gasteiger partial charge in [-0.3, -0.25) is 9.78 Å². The number of carbonyl (C=O) groups is 1. The molecule has 0 saturated carbocycles. The minimum atomic E-state index is -4.41. The zero-order valence-electron chi connectivity index (χ0n) is 19.9. The predicted octanol–water partition coefficient (Wildman–Crippen LogP) is 7.32. The molecule has 0 saturated heterocycles. The van der Waals surface area contributed by atoms with Crippen LogP contribution < -0.4 is 10.2 Å². The van der Waals surface area contributed by atoms with Crippen LogP contribution in [-0.2, 0) is 11.0 Å². The van der Waals surface area contributed by atoms with Crippen molar-refractivity contribution in [2.75, 3.05) is 24.3 Å². The lowest BCUT2D eigenvalue weighted by Gasteiger charge is -2.14. The number of allylic oxidation sites excluding steroid dienone is 2. The summed E-state index contributed by atoms with van der Waals surface area (Å²) >= 11 is 1.55. The van der Waals surface area contributed by atoms with Crippen LogP contribution in [-0.4, -0.2) is 25.0 Å². The molecule has 0 bridgehead atoms. The van der Waals surface area contributed by atoms with E-state index >= 15 is 0 Å². The molecule has 2 aromatic carbocycles. The number of hydrogen-bond acceptors (Lipinski definition) is 4. The number of anilines is 2. The number of alkyl halides is 3. The summed E-state index contributed by atoms with van der Waals surface area (Å²) in [5.41, 5.74) is 3.15. The normalized spacial score (nSPS) is 12.3. The van der Waals surface area contributed by atoms with Crippen molar-refractivity contribution in [1.29, 1.82) is 0 Å². The molecule has 0 unspecified atom stereocenters. The van der Waals surface area contributed by atoms with Gasteiger partial charge in [0.2, 0.25) is 5.91 Å². The number of aryl methyl sites for hydroxylation is 1. The Hall–Kier alpha value is -3.91. The Kier molecular flexibility index (Phi) is 7.26. The summed E-state index contributed by atoms with van der Waals surface area (Å²) < 4.78 is 40.2. The number of halogens is 3. The highest BCUT2D eigenvalue weighted by molar-refractivity contribution is 7.19. The molecule has 1 N–H and O–H groups in total. The molecule has 1 amide bonds. The van der Waals surface area contributed by atoms with E-state index in [1.807, 2.05) is 56.3 Å². The first kappa shape index (κ1) is 25.2. The average Bonchev–Trinajstić information content (AvgIpc) is 3.16. The summed E-state index contributed by atoms with van der Waals surface area (Å²) in [6, 6.07) is 14.5. The van der Waals surface area contributed by atoms with Gasteiger partial charge in [0, 0.05) is 48.5 Å². The Labute approximate surface area is 211 Å². The van der Waals surface area contributed by atoms with E-state index in [4.69, 9.17) is 0 Å². The molecule has 2 heterocycles. The van der Waals surface area contributed by atoms with Crippen molar-refractivity contribution in [2.24, 2.45) is 0 Å². The van der Waals surface area contributed by atoms with Crippen LogP contribution in [0.4, 0.5) is 24.5 Å². The van der Waals surface area contributed by atoms with Crippen molar-refractivity contribution in [2.45, 2.75) is 13.1 Å². The number of thiophene rings is 1. The van der Waals surface area contributed by atoms with Gasteiger partial charge in [-0.25, -0.2) is 0 Å². The third-order valence-electron chi connectivity index (χ3n) is 5.65. The highest BCUT2D eigenvalue weighted by atomic mass is 32.1. The van der Waals surface area contributed by atoms with Crippen LogP contribution in [0.1, 0.15) is 21.6 Å². The van der Waals surface area contributed by atoms with Crippen molar-refractivity contribution in [3.63, 3.8) is 0 Å². The second-order valence-corrected chi connectivity index (χ2v) is 9.61. The number of carbonyl (C=O) groups excluding carboxylic acids is 1. The van der Waals surface area contributed by atoms with Gasteiger partial charge in [-0.2, -0.15) is 13.2 Å². The largest absolute Gasteiger partial charge is 0.416 e. The smallest absolute Gasteiger partial charge is 0.378 e. The van der Waals surface area contributed by atoms with Crippen LogP contribution in [0.2, 0.25) is 0 Å². The van der Waals surface area contributed by atoms with E-state index in [2.05, 4.69) is 10.3 Å². The van der Waals surface area contributed by atoms with Crippen molar-refractivity contribution in [1.82, 2.24) is 4.98 Å². The summed E-state index contributed by atoms with van der Waals surface area (Å²) in [4.78, 5) is 19.7. The van der Waals surface area contributed by atoms with Gasteiger partial charge in [0.15, 0.2) is 0 Å². The van der Waals surface area contributed by atoms with E-state index in [1.165, 1.54) is 18.2 Å². The van der Waals surface area contributed by atoms with Crippen LogP contribution >= 0.6 is 11.3 Å². The highest BCUT2D eigenvalue weighted by Gasteiger charge is 2.30. The number of pyridine rings is 1. The maximum atomic E-state index is 13.1. The quantitative estimate of drug-likeness (QED) is 0.220. The Morgan fingerprint density at radius 3 is 2.25 bits per heavy atom. The van der Waals surface area contributed by atoms with Gasteiger partial charge in [-0.1, -0.05) is 36.4 Å². The zero-order chi connectivity index (χ0) is 25.9. The third-order valence-corrected chi connectivity index (χ3v) is 6.70. The molecule has 184 valence electrons. The van der Waals surface area contributed by atoms with Crippen molar-refractivity contribution in [3.8, 4) is 0 Å². The fourth-order valence-corrected chi connectivity index (χ4v) is 4.75. The Bertz CT molecular complexity index is 1430. The van der Waals surface area contributed by atoms with Crippen molar-refractivity contribution in [3.05, 3.63) is 107 Å². The molecule has 36 heavy (non-hydrogen) atoms. The number of fused-ring (bicyclic) bond motifs is 1. The molecule has 4 nitrogen and oxygen atoms in total. The van der Waals surface area contributed by atoms with Gasteiger partial charge >= 0.3 is 6.18 Å². The maximum Gasteiger partial charge on any atom is 0.416 e. The first-order valence-electron chi connectivity index (χ1n) is 11.1. The summed E-state index contributed by atoms with van der Waals surface area (Å²) in [6.45, 7) is 1.93. The van der Waals surface area contributed by atoms with Crippen LogP contribution in [0, 0.1) is 6.92 Å². The van der Waals surface area contributed by atoms with Crippen molar-refractivity contribution < 1.29 is 18.0 Å². The molecule has 0 aliphatic heterocycles. The topological polar surface area (TPSA) is 45.2 Å². The average molecular weight is 508 g/mol. The lowest BCUT2D eigenvalue weighted by Crippen LogP contribution is -2.08.